The third-order valence-electron chi connectivity index (χ3n) is 6.44. The molecular formula is C23H28N4O2. The van der Waals surface area contributed by atoms with E-state index >= 15 is 0 Å². The molecule has 1 saturated heterocycles. The molecular weight excluding hydrogens is 364 g/mol. The van der Waals surface area contributed by atoms with Gasteiger partial charge in [0.05, 0.1) is 23.3 Å². The van der Waals surface area contributed by atoms with E-state index < -0.39 is 5.91 Å². The Morgan fingerprint density at radius 3 is 2.38 bits per heavy atom. The molecule has 4 N–H and O–H groups in total. The van der Waals surface area contributed by atoms with E-state index in [2.05, 4.69) is 41.8 Å². The zero-order valence-corrected chi connectivity index (χ0v) is 16.8. The first-order valence-corrected chi connectivity index (χ1v) is 10.3. The number of carbonyl (C=O) groups is 2. The lowest BCUT2D eigenvalue weighted by Crippen LogP contribution is -2.54. The smallest absolute Gasteiger partial charge is 0.322 e. The van der Waals surface area contributed by atoms with Gasteiger partial charge in [0.1, 0.15) is 0 Å². The fourth-order valence-corrected chi connectivity index (χ4v) is 4.92. The highest BCUT2D eigenvalue weighted by Crippen LogP contribution is 2.44. The van der Waals surface area contributed by atoms with Gasteiger partial charge in [-0.1, -0.05) is 49.4 Å². The van der Waals surface area contributed by atoms with Gasteiger partial charge in [-0.2, -0.15) is 0 Å². The Labute approximate surface area is 171 Å². The van der Waals surface area contributed by atoms with E-state index in [1.165, 1.54) is 5.56 Å². The van der Waals surface area contributed by atoms with Crippen molar-refractivity contribution in [1.29, 1.82) is 0 Å². The first kappa shape index (κ1) is 19.5. The summed E-state index contributed by atoms with van der Waals surface area (Å²) in [6, 6.07) is 17.5. The van der Waals surface area contributed by atoms with Gasteiger partial charge in [-0.15, -0.1) is 0 Å². The molecule has 0 bridgehead atoms. The van der Waals surface area contributed by atoms with Crippen LogP contribution >= 0.6 is 0 Å². The molecule has 0 radical (unpaired) electrons. The summed E-state index contributed by atoms with van der Waals surface area (Å²) in [4.78, 5) is 26.3. The highest BCUT2D eigenvalue weighted by atomic mass is 16.2. The molecule has 3 amide bonds. The molecule has 0 atom stereocenters. The van der Waals surface area contributed by atoms with Crippen LogP contribution in [0, 0.1) is 0 Å². The van der Waals surface area contributed by atoms with Gasteiger partial charge in [0.2, 0.25) is 0 Å². The summed E-state index contributed by atoms with van der Waals surface area (Å²) < 4.78 is 0. The Morgan fingerprint density at radius 2 is 1.72 bits per heavy atom. The predicted molar refractivity (Wildman–Crippen MR) is 114 cm³/mol. The Bertz CT molecular complexity index is 904. The number of primary amides is 1. The Kier molecular flexibility index (Phi) is 5.04. The van der Waals surface area contributed by atoms with E-state index in [0.717, 1.165) is 32.2 Å². The highest BCUT2D eigenvalue weighted by Gasteiger charge is 2.49. The molecule has 1 spiro atoms. The summed E-state index contributed by atoms with van der Waals surface area (Å²) in [5.74, 6) is -0.520. The van der Waals surface area contributed by atoms with Crippen LogP contribution in [-0.2, 0) is 5.54 Å². The number of urea groups is 1. The van der Waals surface area contributed by atoms with Crippen molar-refractivity contribution in [3.8, 4) is 0 Å². The largest absolute Gasteiger partial charge is 0.366 e. The molecule has 1 saturated carbocycles. The van der Waals surface area contributed by atoms with Crippen LogP contribution in [-0.4, -0.2) is 30.6 Å². The van der Waals surface area contributed by atoms with Crippen LogP contribution in [0.2, 0.25) is 0 Å². The van der Waals surface area contributed by atoms with Crippen molar-refractivity contribution < 1.29 is 9.59 Å². The number of amides is 3. The number of rotatable bonds is 5. The zero-order chi connectivity index (χ0) is 20.5. The minimum absolute atomic E-state index is 0.0649. The van der Waals surface area contributed by atoms with Gasteiger partial charge in [-0.05, 0) is 49.9 Å². The summed E-state index contributed by atoms with van der Waals surface area (Å²) in [6.45, 7) is 3.58. The molecule has 2 aromatic carbocycles. The third-order valence-corrected chi connectivity index (χ3v) is 6.44. The van der Waals surface area contributed by atoms with Crippen LogP contribution in [0.1, 0.15) is 48.5 Å². The average molecular weight is 393 g/mol. The minimum Gasteiger partial charge on any atom is -0.366 e. The summed E-state index contributed by atoms with van der Waals surface area (Å²) in [5, 5.41) is 6.93. The van der Waals surface area contributed by atoms with Crippen LogP contribution in [0.15, 0.2) is 54.6 Å². The molecule has 2 fully saturated rings. The van der Waals surface area contributed by atoms with Gasteiger partial charge in [-0.3, -0.25) is 9.69 Å². The lowest BCUT2D eigenvalue weighted by molar-refractivity contribution is 0.100. The molecule has 29 heavy (non-hydrogen) atoms. The van der Waals surface area contributed by atoms with E-state index in [1.807, 2.05) is 12.1 Å². The number of benzene rings is 2. The molecule has 6 nitrogen and oxygen atoms in total. The van der Waals surface area contributed by atoms with Crippen molar-refractivity contribution in [2.45, 2.75) is 43.7 Å². The topological polar surface area (TPSA) is 87.5 Å². The highest BCUT2D eigenvalue weighted by molar-refractivity contribution is 6.04. The van der Waals surface area contributed by atoms with Crippen molar-refractivity contribution in [3.05, 3.63) is 65.7 Å². The number of para-hydroxylation sites is 1. The second-order valence-electron chi connectivity index (χ2n) is 8.16. The van der Waals surface area contributed by atoms with Crippen LogP contribution in [0.25, 0.3) is 0 Å². The third kappa shape index (κ3) is 3.49. The number of nitrogens with zero attached hydrogens (tertiary/aromatic N) is 1. The molecule has 4 rings (SSSR count). The van der Waals surface area contributed by atoms with Gasteiger partial charge >= 0.3 is 6.03 Å². The van der Waals surface area contributed by atoms with Gasteiger partial charge in [0.25, 0.3) is 5.91 Å². The van der Waals surface area contributed by atoms with Crippen LogP contribution in [0.5, 0.6) is 0 Å². The molecule has 1 aliphatic heterocycles. The number of hydrogen-bond donors (Lipinski definition) is 3. The fraction of sp³-hybridized carbons (Fsp3) is 0.391. The Hall–Kier alpha value is -2.86. The number of nitrogens with two attached hydrogens (primary N) is 1. The van der Waals surface area contributed by atoms with Crippen molar-refractivity contribution in [2.24, 2.45) is 5.73 Å². The Morgan fingerprint density at radius 1 is 1.07 bits per heavy atom. The van der Waals surface area contributed by atoms with E-state index in [4.69, 9.17) is 5.73 Å². The lowest BCUT2D eigenvalue weighted by Gasteiger charge is -2.45. The van der Waals surface area contributed by atoms with Crippen molar-refractivity contribution >= 4 is 17.6 Å². The second kappa shape index (κ2) is 7.52. The minimum atomic E-state index is -0.520. The SMILES string of the molecule is CCN[C@]1(c2ccccc2)CC[C@@]2(CC1)CN(c1ccccc1C(N)=O)C(=O)N2. The quantitative estimate of drug-likeness (QED) is 0.730. The predicted octanol–water partition coefficient (Wildman–Crippen LogP) is 3.13. The van der Waals surface area contributed by atoms with Crippen molar-refractivity contribution in [2.75, 3.05) is 18.0 Å². The zero-order valence-electron chi connectivity index (χ0n) is 16.8. The van der Waals surface area contributed by atoms with Gasteiger partial charge in [0, 0.05) is 5.54 Å². The number of anilines is 1. The number of nitrogens with one attached hydrogen (secondary N) is 2. The molecule has 1 aliphatic carbocycles. The van der Waals surface area contributed by atoms with E-state index in [9.17, 15) is 9.59 Å². The fourth-order valence-electron chi connectivity index (χ4n) is 4.92. The maximum atomic E-state index is 12.8. The van der Waals surface area contributed by atoms with Crippen molar-refractivity contribution in [3.63, 3.8) is 0 Å². The van der Waals surface area contributed by atoms with Crippen molar-refractivity contribution in [1.82, 2.24) is 10.6 Å². The van der Waals surface area contributed by atoms with Crippen LogP contribution in [0.4, 0.5) is 10.5 Å². The molecule has 1 heterocycles. The van der Waals surface area contributed by atoms with E-state index in [0.29, 0.717) is 17.8 Å². The normalized spacial score (nSPS) is 26.5. The van der Waals surface area contributed by atoms with Gasteiger partial charge in [0.15, 0.2) is 0 Å². The molecule has 0 unspecified atom stereocenters. The Balaban J connectivity index is 1.56. The summed E-state index contributed by atoms with van der Waals surface area (Å²) in [6.07, 6.45) is 3.62. The monoisotopic (exact) mass is 392 g/mol. The van der Waals surface area contributed by atoms with Gasteiger partial charge < -0.3 is 16.4 Å². The van der Waals surface area contributed by atoms with Crippen LogP contribution < -0.4 is 21.3 Å². The van der Waals surface area contributed by atoms with Crippen LogP contribution in [0.3, 0.4) is 0 Å². The maximum Gasteiger partial charge on any atom is 0.322 e. The molecule has 2 aliphatic rings. The molecule has 152 valence electrons. The van der Waals surface area contributed by atoms with E-state index in [-0.39, 0.29) is 17.1 Å². The molecule has 0 aromatic heterocycles. The summed E-state index contributed by atoms with van der Waals surface area (Å²) in [5.41, 5.74) is 7.44. The average Bonchev–Trinajstić information content (AvgIpc) is 3.07. The first-order valence-electron chi connectivity index (χ1n) is 10.3. The summed E-state index contributed by atoms with van der Waals surface area (Å²) >= 11 is 0. The number of hydrogen-bond acceptors (Lipinski definition) is 3. The first-order chi connectivity index (χ1) is 14.0. The molecule has 2 aromatic rings. The second-order valence-corrected chi connectivity index (χ2v) is 8.16. The van der Waals surface area contributed by atoms with Gasteiger partial charge in [-0.25, -0.2) is 4.79 Å². The standard InChI is InChI=1S/C23H28N4O2/c1-2-25-23(17-8-4-3-5-9-17)14-12-22(13-15-23)16-27(21(29)26-22)19-11-7-6-10-18(19)20(24)28/h3-11,25H,2,12-16H2,1H3,(H2,24,28)(H,26,29)/t22-,23-. The lowest BCUT2D eigenvalue weighted by atomic mass is 9.69. The number of carbonyl (C=O) groups excluding carboxylic acids is 2. The maximum absolute atomic E-state index is 12.8. The molecule has 6 heteroatoms. The summed E-state index contributed by atoms with van der Waals surface area (Å²) in [7, 11) is 0. The van der Waals surface area contributed by atoms with E-state index in [1.54, 1.807) is 23.1 Å².